The summed E-state index contributed by atoms with van der Waals surface area (Å²) >= 11 is 1.84. The van der Waals surface area contributed by atoms with E-state index in [1.807, 2.05) is 24.8 Å². The largest absolute Gasteiger partial charge is 0.335 e. The molecule has 0 bridgehead atoms. The fraction of sp³-hybridized carbons (Fsp3) is 0.611. The smallest absolute Gasteiger partial charge is 0.319 e. The van der Waals surface area contributed by atoms with Gasteiger partial charge in [-0.15, -0.1) is 11.8 Å². The molecule has 5 heteroatoms. The first kappa shape index (κ1) is 18.1. The summed E-state index contributed by atoms with van der Waals surface area (Å²) in [6, 6.07) is 6.40. The second-order valence-corrected chi connectivity index (χ2v) is 9.27. The van der Waals surface area contributed by atoms with E-state index in [0.29, 0.717) is 0 Å². The molecular formula is C18H29N3OS. The van der Waals surface area contributed by atoms with Crippen molar-refractivity contribution in [1.29, 1.82) is 0 Å². The molecule has 1 aromatic carbocycles. The van der Waals surface area contributed by atoms with Gasteiger partial charge in [0.2, 0.25) is 0 Å². The molecule has 0 atom stereocenters. The second-order valence-electron chi connectivity index (χ2n) is 7.37. The van der Waals surface area contributed by atoms with E-state index < -0.39 is 0 Å². The summed E-state index contributed by atoms with van der Waals surface area (Å²) in [4.78, 5) is 15.7. The number of anilines is 1. The van der Waals surface area contributed by atoms with Crippen molar-refractivity contribution in [3.8, 4) is 0 Å². The zero-order valence-corrected chi connectivity index (χ0v) is 15.7. The molecule has 1 aromatic rings. The third-order valence-corrected chi connectivity index (χ3v) is 5.03. The molecule has 2 N–H and O–H groups in total. The molecule has 1 fully saturated rings. The van der Waals surface area contributed by atoms with Crippen LogP contribution in [-0.4, -0.2) is 41.9 Å². The zero-order chi connectivity index (χ0) is 17.0. The van der Waals surface area contributed by atoms with Gasteiger partial charge in [-0.05, 0) is 63.7 Å². The summed E-state index contributed by atoms with van der Waals surface area (Å²) < 4.78 is 0.187. The molecule has 1 saturated heterocycles. The average Bonchev–Trinajstić information content (AvgIpc) is 2.43. The summed E-state index contributed by atoms with van der Waals surface area (Å²) in [5.74, 6) is 0. The molecule has 128 valence electrons. The minimum atomic E-state index is -0.0983. The molecule has 0 saturated carbocycles. The highest BCUT2D eigenvalue weighted by Gasteiger charge is 2.19. The number of benzene rings is 1. The molecule has 0 aliphatic carbocycles. The van der Waals surface area contributed by atoms with Crippen molar-refractivity contribution in [1.82, 2.24) is 10.2 Å². The predicted octanol–water partition coefficient (Wildman–Crippen LogP) is 4.10. The van der Waals surface area contributed by atoms with E-state index in [-0.39, 0.29) is 16.8 Å². The van der Waals surface area contributed by atoms with Crippen LogP contribution in [0.15, 0.2) is 23.1 Å². The van der Waals surface area contributed by atoms with Gasteiger partial charge < -0.3 is 15.5 Å². The summed E-state index contributed by atoms with van der Waals surface area (Å²) in [5.41, 5.74) is 1.98. The maximum Gasteiger partial charge on any atom is 0.319 e. The zero-order valence-electron chi connectivity index (χ0n) is 14.9. The Morgan fingerprint density at radius 3 is 2.48 bits per heavy atom. The lowest BCUT2D eigenvalue weighted by Gasteiger charge is -2.29. The van der Waals surface area contributed by atoms with Crippen molar-refractivity contribution in [3.63, 3.8) is 0 Å². The number of carbonyl (C=O) groups is 1. The number of amides is 2. The first-order chi connectivity index (χ1) is 10.7. The van der Waals surface area contributed by atoms with Crippen LogP contribution in [0.5, 0.6) is 0 Å². The number of nitrogens with zero attached hydrogens (tertiary/aromatic N) is 1. The van der Waals surface area contributed by atoms with Gasteiger partial charge in [-0.25, -0.2) is 4.79 Å². The van der Waals surface area contributed by atoms with E-state index in [1.54, 1.807) is 0 Å². The van der Waals surface area contributed by atoms with Gasteiger partial charge in [0.1, 0.15) is 0 Å². The molecule has 0 spiro atoms. The number of piperidine rings is 1. The van der Waals surface area contributed by atoms with Crippen LogP contribution < -0.4 is 10.6 Å². The standard InChI is InChI=1S/C18H29N3OS/c1-13-12-15(23-18(2,3)4)6-7-16(13)20-17(22)19-14-8-10-21(5)11-9-14/h6-7,12,14H,8-11H2,1-5H3,(H2,19,20,22). The first-order valence-corrected chi connectivity index (χ1v) is 9.10. The van der Waals surface area contributed by atoms with Crippen LogP contribution in [0.2, 0.25) is 0 Å². The highest BCUT2D eigenvalue weighted by Crippen LogP contribution is 2.33. The molecule has 1 heterocycles. The van der Waals surface area contributed by atoms with Crippen LogP contribution in [-0.2, 0) is 0 Å². The van der Waals surface area contributed by atoms with Crippen molar-refractivity contribution < 1.29 is 4.79 Å². The maximum absolute atomic E-state index is 12.2. The van der Waals surface area contributed by atoms with Crippen molar-refractivity contribution in [2.75, 3.05) is 25.5 Å². The van der Waals surface area contributed by atoms with E-state index in [2.05, 4.69) is 55.5 Å². The van der Waals surface area contributed by atoms with Crippen molar-refractivity contribution in [3.05, 3.63) is 23.8 Å². The molecule has 2 rings (SSSR count). The number of rotatable bonds is 3. The molecular weight excluding hydrogens is 306 g/mol. The number of hydrogen-bond donors (Lipinski definition) is 2. The molecule has 1 aliphatic heterocycles. The lowest BCUT2D eigenvalue weighted by atomic mass is 10.1. The Hall–Kier alpha value is -1.20. The molecule has 2 amide bonds. The van der Waals surface area contributed by atoms with Gasteiger partial charge >= 0.3 is 6.03 Å². The fourth-order valence-corrected chi connectivity index (χ4v) is 3.77. The van der Waals surface area contributed by atoms with Gasteiger partial charge in [-0.1, -0.05) is 20.8 Å². The van der Waals surface area contributed by atoms with Gasteiger partial charge in [0.15, 0.2) is 0 Å². The van der Waals surface area contributed by atoms with Crippen molar-refractivity contribution >= 4 is 23.5 Å². The normalized spacial score (nSPS) is 17.1. The van der Waals surface area contributed by atoms with E-state index in [0.717, 1.165) is 37.2 Å². The summed E-state index contributed by atoms with van der Waals surface area (Å²) in [6.07, 6.45) is 2.04. The second kappa shape index (κ2) is 7.58. The fourth-order valence-electron chi connectivity index (χ4n) is 2.69. The highest BCUT2D eigenvalue weighted by atomic mass is 32.2. The van der Waals surface area contributed by atoms with E-state index in [9.17, 15) is 4.79 Å². The Balaban J connectivity index is 1.90. The average molecular weight is 336 g/mol. The van der Waals surface area contributed by atoms with E-state index in [4.69, 9.17) is 0 Å². The van der Waals surface area contributed by atoms with E-state index in [1.165, 1.54) is 4.90 Å². The molecule has 0 aromatic heterocycles. The van der Waals surface area contributed by atoms with Crippen LogP contribution in [0.3, 0.4) is 0 Å². The van der Waals surface area contributed by atoms with Gasteiger partial charge in [-0.2, -0.15) is 0 Å². The quantitative estimate of drug-likeness (QED) is 0.817. The molecule has 23 heavy (non-hydrogen) atoms. The highest BCUT2D eigenvalue weighted by molar-refractivity contribution is 8.00. The number of thioether (sulfide) groups is 1. The van der Waals surface area contributed by atoms with Gasteiger partial charge in [0, 0.05) is 21.4 Å². The first-order valence-electron chi connectivity index (χ1n) is 8.29. The Kier molecular flexibility index (Phi) is 5.98. The number of carbonyl (C=O) groups excluding carboxylic acids is 1. The summed E-state index contributed by atoms with van der Waals surface area (Å²) in [6.45, 7) is 10.7. The van der Waals surface area contributed by atoms with Crippen LogP contribution in [0.1, 0.15) is 39.2 Å². The Morgan fingerprint density at radius 1 is 1.26 bits per heavy atom. The third-order valence-electron chi connectivity index (χ3n) is 3.92. The molecule has 1 aliphatic rings. The molecule has 4 nitrogen and oxygen atoms in total. The number of urea groups is 1. The van der Waals surface area contributed by atoms with E-state index >= 15 is 0 Å². The van der Waals surface area contributed by atoms with Crippen LogP contribution in [0, 0.1) is 6.92 Å². The van der Waals surface area contributed by atoms with Crippen LogP contribution in [0.25, 0.3) is 0 Å². The van der Waals surface area contributed by atoms with Crippen LogP contribution in [0.4, 0.5) is 10.5 Å². The Bertz CT molecular complexity index is 546. The number of likely N-dealkylation sites (tertiary alicyclic amines) is 1. The number of hydrogen-bond acceptors (Lipinski definition) is 3. The maximum atomic E-state index is 12.2. The lowest BCUT2D eigenvalue weighted by Crippen LogP contribution is -2.44. The van der Waals surface area contributed by atoms with Crippen molar-refractivity contribution in [2.45, 2.75) is 56.2 Å². The van der Waals surface area contributed by atoms with Gasteiger partial charge in [0.25, 0.3) is 0 Å². The Morgan fingerprint density at radius 2 is 1.91 bits per heavy atom. The number of aryl methyl sites for hydroxylation is 1. The Labute approximate surface area is 144 Å². The monoisotopic (exact) mass is 335 g/mol. The summed E-state index contributed by atoms with van der Waals surface area (Å²) in [7, 11) is 2.12. The third kappa shape index (κ3) is 6.07. The predicted molar refractivity (Wildman–Crippen MR) is 99.5 cm³/mol. The minimum absolute atomic E-state index is 0.0983. The minimum Gasteiger partial charge on any atom is -0.335 e. The number of nitrogens with one attached hydrogen (secondary N) is 2. The van der Waals surface area contributed by atoms with Gasteiger partial charge in [-0.3, -0.25) is 0 Å². The molecule has 0 radical (unpaired) electrons. The lowest BCUT2D eigenvalue weighted by molar-refractivity contribution is 0.221. The van der Waals surface area contributed by atoms with Gasteiger partial charge in [0.05, 0.1) is 0 Å². The van der Waals surface area contributed by atoms with Crippen LogP contribution >= 0.6 is 11.8 Å². The molecule has 0 unspecified atom stereocenters. The SMILES string of the molecule is Cc1cc(SC(C)(C)C)ccc1NC(=O)NC1CCN(C)CC1. The van der Waals surface area contributed by atoms with Crippen molar-refractivity contribution in [2.24, 2.45) is 0 Å². The topological polar surface area (TPSA) is 44.4 Å². The summed E-state index contributed by atoms with van der Waals surface area (Å²) in [5, 5.41) is 6.07.